The average molecular weight is 318 g/mol. The summed E-state index contributed by atoms with van der Waals surface area (Å²) < 4.78 is 18.3. The third kappa shape index (κ3) is 3.70. The molecule has 1 N–H and O–H groups in total. The Labute approximate surface area is 115 Å². The van der Waals surface area contributed by atoms with Gasteiger partial charge in [0.05, 0.1) is 7.11 Å². The van der Waals surface area contributed by atoms with Crippen LogP contribution in [-0.2, 0) is 0 Å². The largest absolute Gasteiger partial charge is 0.494 e. The highest BCUT2D eigenvalue weighted by Gasteiger charge is 2.17. The second-order valence-corrected chi connectivity index (χ2v) is 4.98. The average Bonchev–Trinajstić information content (AvgIpc) is 2.35. The number of hydrogen-bond acceptors (Lipinski definition) is 2. The minimum atomic E-state index is -0.537. The lowest BCUT2D eigenvalue weighted by Gasteiger charge is -2.20. The molecule has 1 unspecified atom stereocenters. The number of nitrogens with one attached hydrogen (secondary N) is 1. The molecular weight excluding hydrogens is 301 g/mol. The lowest BCUT2D eigenvalue weighted by molar-refractivity contribution is 0.0931. The Hall–Kier alpha value is -1.10. The molecule has 100 valence electrons. The topological polar surface area (TPSA) is 38.3 Å². The van der Waals surface area contributed by atoms with Crippen molar-refractivity contribution in [2.45, 2.75) is 19.9 Å². The van der Waals surface area contributed by atoms with Gasteiger partial charge in [0.2, 0.25) is 0 Å². The highest BCUT2D eigenvalue weighted by molar-refractivity contribution is 9.09. The normalized spacial score (nSPS) is 12.3. The van der Waals surface area contributed by atoms with E-state index in [0.29, 0.717) is 16.8 Å². The van der Waals surface area contributed by atoms with Gasteiger partial charge in [-0.05, 0) is 24.1 Å². The molecule has 0 saturated carbocycles. The van der Waals surface area contributed by atoms with Crippen molar-refractivity contribution in [1.29, 1.82) is 0 Å². The van der Waals surface area contributed by atoms with Crippen molar-refractivity contribution in [2.24, 2.45) is 5.92 Å². The summed E-state index contributed by atoms with van der Waals surface area (Å²) in [6.07, 6.45) is 0. The molecule has 1 atom stereocenters. The molecule has 0 aliphatic heterocycles. The van der Waals surface area contributed by atoms with E-state index in [-0.39, 0.29) is 17.7 Å². The van der Waals surface area contributed by atoms with E-state index in [0.717, 1.165) is 0 Å². The van der Waals surface area contributed by atoms with Gasteiger partial charge >= 0.3 is 0 Å². The molecule has 3 nitrogen and oxygen atoms in total. The number of benzene rings is 1. The third-order valence-corrected chi connectivity index (χ3v) is 3.40. The lowest BCUT2D eigenvalue weighted by atomic mass is 10.1. The number of carbonyl (C=O) groups is 1. The number of amides is 1. The first kappa shape index (κ1) is 15.0. The Morgan fingerprint density at radius 3 is 2.61 bits per heavy atom. The van der Waals surface area contributed by atoms with Gasteiger partial charge in [0.15, 0.2) is 11.6 Å². The van der Waals surface area contributed by atoms with Crippen molar-refractivity contribution in [1.82, 2.24) is 5.32 Å². The van der Waals surface area contributed by atoms with E-state index < -0.39 is 5.82 Å². The van der Waals surface area contributed by atoms with Crippen LogP contribution in [0.5, 0.6) is 5.75 Å². The minimum absolute atomic E-state index is 0.0164. The first-order valence-electron chi connectivity index (χ1n) is 5.70. The van der Waals surface area contributed by atoms with E-state index in [9.17, 15) is 9.18 Å². The van der Waals surface area contributed by atoms with Crippen LogP contribution in [0.3, 0.4) is 0 Å². The van der Waals surface area contributed by atoms with Crippen molar-refractivity contribution in [3.63, 3.8) is 0 Å². The van der Waals surface area contributed by atoms with E-state index in [1.54, 1.807) is 6.07 Å². The van der Waals surface area contributed by atoms with Crippen LogP contribution in [0.2, 0.25) is 0 Å². The van der Waals surface area contributed by atoms with Crippen molar-refractivity contribution >= 4 is 21.8 Å². The Morgan fingerprint density at radius 2 is 2.17 bits per heavy atom. The molecule has 18 heavy (non-hydrogen) atoms. The van der Waals surface area contributed by atoms with E-state index in [1.807, 2.05) is 13.8 Å². The molecule has 0 bridgehead atoms. The molecule has 0 spiro atoms. The van der Waals surface area contributed by atoms with Gasteiger partial charge in [-0.2, -0.15) is 0 Å². The van der Waals surface area contributed by atoms with Crippen molar-refractivity contribution in [3.05, 3.63) is 29.6 Å². The van der Waals surface area contributed by atoms with Crippen LogP contribution in [0.4, 0.5) is 4.39 Å². The number of halogens is 2. The van der Waals surface area contributed by atoms with Gasteiger partial charge in [-0.1, -0.05) is 29.8 Å². The van der Waals surface area contributed by atoms with Crippen LogP contribution >= 0.6 is 15.9 Å². The minimum Gasteiger partial charge on any atom is -0.494 e. The molecule has 5 heteroatoms. The van der Waals surface area contributed by atoms with Crippen LogP contribution in [-0.4, -0.2) is 24.4 Å². The zero-order valence-corrected chi connectivity index (χ0v) is 12.3. The van der Waals surface area contributed by atoms with E-state index in [4.69, 9.17) is 4.74 Å². The molecule has 1 rings (SSSR count). The number of rotatable bonds is 5. The fourth-order valence-corrected chi connectivity index (χ4v) is 2.35. The maximum absolute atomic E-state index is 13.5. The maximum atomic E-state index is 13.5. The molecule has 0 fully saturated rings. The van der Waals surface area contributed by atoms with Crippen LogP contribution in [0.25, 0.3) is 0 Å². The van der Waals surface area contributed by atoms with E-state index >= 15 is 0 Å². The van der Waals surface area contributed by atoms with Crippen molar-refractivity contribution < 1.29 is 13.9 Å². The van der Waals surface area contributed by atoms with Gasteiger partial charge in [-0.3, -0.25) is 4.79 Å². The molecule has 1 amide bonds. The van der Waals surface area contributed by atoms with Gasteiger partial charge in [-0.25, -0.2) is 4.39 Å². The molecule has 0 aromatic heterocycles. The summed E-state index contributed by atoms with van der Waals surface area (Å²) >= 11 is 3.35. The predicted octanol–water partition coefficient (Wildman–Crippen LogP) is 2.98. The fraction of sp³-hybridized carbons (Fsp3) is 0.462. The number of methoxy groups -OCH3 is 1. The van der Waals surface area contributed by atoms with Crippen LogP contribution in [0, 0.1) is 11.7 Å². The second kappa shape index (κ2) is 6.73. The first-order valence-corrected chi connectivity index (χ1v) is 6.82. The summed E-state index contributed by atoms with van der Waals surface area (Å²) in [5, 5.41) is 3.52. The molecule has 0 heterocycles. The Balaban J connectivity index is 2.81. The van der Waals surface area contributed by atoms with Gasteiger partial charge < -0.3 is 10.1 Å². The summed E-state index contributed by atoms with van der Waals surface area (Å²) in [7, 11) is 1.39. The maximum Gasteiger partial charge on any atom is 0.251 e. The first-order chi connectivity index (χ1) is 8.49. The summed E-state index contributed by atoms with van der Waals surface area (Å²) in [6, 6.07) is 4.19. The Morgan fingerprint density at radius 1 is 1.50 bits per heavy atom. The predicted molar refractivity (Wildman–Crippen MR) is 72.8 cm³/mol. The van der Waals surface area contributed by atoms with Crippen molar-refractivity contribution in [3.8, 4) is 5.75 Å². The summed E-state index contributed by atoms with van der Waals surface area (Å²) in [5.74, 6) is -0.385. The van der Waals surface area contributed by atoms with Gasteiger partial charge in [0.1, 0.15) is 0 Å². The summed E-state index contributed by atoms with van der Waals surface area (Å²) in [4.78, 5) is 11.9. The smallest absolute Gasteiger partial charge is 0.251 e. The zero-order valence-electron chi connectivity index (χ0n) is 10.7. The molecule has 1 aromatic carbocycles. The number of hydrogen-bond donors (Lipinski definition) is 1. The number of ether oxygens (including phenoxy) is 1. The molecule has 0 aliphatic carbocycles. The van der Waals surface area contributed by atoms with Crippen LogP contribution in [0.15, 0.2) is 18.2 Å². The number of carbonyl (C=O) groups excluding carboxylic acids is 1. The monoisotopic (exact) mass is 317 g/mol. The third-order valence-electron chi connectivity index (χ3n) is 2.70. The SMILES string of the molecule is COc1ccc(C(=O)NC(CBr)C(C)C)cc1F. The van der Waals surface area contributed by atoms with E-state index in [1.165, 1.54) is 19.2 Å². The van der Waals surface area contributed by atoms with Crippen LogP contribution in [0.1, 0.15) is 24.2 Å². The quantitative estimate of drug-likeness (QED) is 0.848. The molecule has 1 aromatic rings. The zero-order chi connectivity index (χ0) is 13.7. The molecule has 0 saturated heterocycles. The highest BCUT2D eigenvalue weighted by Crippen LogP contribution is 2.18. The van der Waals surface area contributed by atoms with Gasteiger partial charge in [-0.15, -0.1) is 0 Å². The van der Waals surface area contributed by atoms with Crippen LogP contribution < -0.4 is 10.1 Å². The Bertz CT molecular complexity index is 423. The molecular formula is C13H17BrFNO2. The van der Waals surface area contributed by atoms with Crippen molar-refractivity contribution in [2.75, 3.05) is 12.4 Å². The number of alkyl halides is 1. The second-order valence-electron chi connectivity index (χ2n) is 4.33. The molecule has 0 radical (unpaired) electrons. The van der Waals surface area contributed by atoms with Gasteiger partial charge in [0.25, 0.3) is 5.91 Å². The fourth-order valence-electron chi connectivity index (χ4n) is 1.44. The Kier molecular flexibility index (Phi) is 5.59. The lowest BCUT2D eigenvalue weighted by Crippen LogP contribution is -2.39. The molecule has 0 aliphatic rings. The summed E-state index contributed by atoms with van der Waals surface area (Å²) in [6.45, 7) is 4.03. The standard InChI is InChI=1S/C13H17BrFNO2/c1-8(2)11(7-14)16-13(17)9-4-5-12(18-3)10(15)6-9/h4-6,8,11H,7H2,1-3H3,(H,16,17). The highest BCUT2D eigenvalue weighted by atomic mass is 79.9. The van der Waals surface area contributed by atoms with Gasteiger partial charge in [0, 0.05) is 16.9 Å². The summed E-state index contributed by atoms with van der Waals surface area (Å²) in [5.41, 5.74) is 0.292. The van der Waals surface area contributed by atoms with E-state index in [2.05, 4.69) is 21.2 Å².